The third-order valence-corrected chi connectivity index (χ3v) is 8.02. The molecule has 6 rings (SSSR count). The van der Waals surface area contributed by atoms with Gasteiger partial charge in [-0.1, -0.05) is 77.9 Å². The summed E-state index contributed by atoms with van der Waals surface area (Å²) in [6.07, 6.45) is 7.37. The van der Waals surface area contributed by atoms with E-state index in [1.54, 1.807) is 12.4 Å². The fraction of sp³-hybridized carbons (Fsp3) is 0.263. The molecule has 0 N–H and O–H groups in total. The van der Waals surface area contributed by atoms with Crippen LogP contribution in [0.3, 0.4) is 0 Å². The molecule has 0 saturated heterocycles. The van der Waals surface area contributed by atoms with Crippen molar-refractivity contribution in [1.82, 2.24) is 9.97 Å². The highest BCUT2D eigenvalue weighted by atomic mass is 14.8. The van der Waals surface area contributed by atoms with Crippen LogP contribution in [0, 0.1) is 0 Å². The fourth-order valence-corrected chi connectivity index (χ4v) is 5.66. The Balaban J connectivity index is 1.59. The zero-order chi connectivity index (χ0) is 29.5. The van der Waals surface area contributed by atoms with Crippen LogP contribution in [0.5, 0.6) is 0 Å². The number of hydrogen-bond donors (Lipinski definition) is 0. The molecule has 0 aliphatic rings. The Morgan fingerprint density at radius 1 is 0.571 bits per heavy atom. The van der Waals surface area contributed by atoms with Gasteiger partial charge in [-0.15, -0.1) is 0 Å². The molecule has 2 heterocycles. The van der Waals surface area contributed by atoms with E-state index >= 15 is 0 Å². The van der Waals surface area contributed by atoms with E-state index in [0.29, 0.717) is 13.1 Å². The molecular weight excluding hydrogens is 512 g/mol. The van der Waals surface area contributed by atoms with Crippen LogP contribution < -0.4 is 0 Å². The van der Waals surface area contributed by atoms with Crippen molar-refractivity contribution in [3.63, 3.8) is 0 Å². The van der Waals surface area contributed by atoms with Crippen molar-refractivity contribution in [2.45, 2.75) is 65.5 Å². The van der Waals surface area contributed by atoms with Gasteiger partial charge in [-0.3, -0.25) is 20.0 Å². The van der Waals surface area contributed by atoms with Gasteiger partial charge in [-0.25, -0.2) is 0 Å². The molecule has 0 saturated carbocycles. The van der Waals surface area contributed by atoms with E-state index in [0.717, 1.165) is 11.4 Å². The van der Waals surface area contributed by atoms with Crippen molar-refractivity contribution in [3.05, 3.63) is 119 Å². The van der Waals surface area contributed by atoms with Crippen molar-refractivity contribution >= 4 is 44.7 Å². The largest absolute Gasteiger partial charge is 0.286 e. The lowest BCUT2D eigenvalue weighted by molar-refractivity contribution is 0.591. The van der Waals surface area contributed by atoms with Crippen LogP contribution in [0.4, 0.5) is 0 Å². The normalized spacial score (nSPS) is 13.0. The van der Waals surface area contributed by atoms with Gasteiger partial charge in [0.15, 0.2) is 0 Å². The van der Waals surface area contributed by atoms with Crippen LogP contribution in [0.2, 0.25) is 0 Å². The van der Waals surface area contributed by atoms with E-state index in [1.165, 1.54) is 54.6 Å². The predicted octanol–water partition coefficient (Wildman–Crippen LogP) is 9.21. The number of hydrogen-bond acceptors (Lipinski definition) is 4. The van der Waals surface area contributed by atoms with Gasteiger partial charge in [0.25, 0.3) is 0 Å². The SMILES string of the molecule is CC(C)(C)c1cc2cc(CN=Cc3ccccn3)c3cc(C(C)(C)C)cc4cc(CN=Cc5ccccn5)c(c1)c2c43. The van der Waals surface area contributed by atoms with Gasteiger partial charge in [0.1, 0.15) is 0 Å². The van der Waals surface area contributed by atoms with E-state index in [2.05, 4.69) is 87.9 Å². The molecule has 42 heavy (non-hydrogen) atoms. The third-order valence-electron chi connectivity index (χ3n) is 8.02. The maximum absolute atomic E-state index is 4.86. The Kier molecular flexibility index (Phi) is 7.10. The van der Waals surface area contributed by atoms with Crippen LogP contribution in [0.15, 0.2) is 95.2 Å². The standard InChI is InChI=1S/C38H38N4/c1-37(2,3)29-17-25-15-28(22-40-24-32-12-8-10-14-42-32)34-20-30(38(4,5)6)18-26-16-27(33(19-29)35(25)36(26)34)21-39-23-31-11-7-9-13-41-31/h7-20,23-24H,21-22H2,1-6H3. The van der Waals surface area contributed by atoms with Gasteiger partial charge < -0.3 is 0 Å². The molecule has 4 nitrogen and oxygen atoms in total. The van der Waals surface area contributed by atoms with Crippen LogP contribution in [-0.4, -0.2) is 22.4 Å². The molecule has 0 aliphatic carbocycles. The van der Waals surface area contributed by atoms with Crippen molar-refractivity contribution in [2.24, 2.45) is 9.98 Å². The fourth-order valence-electron chi connectivity index (χ4n) is 5.66. The van der Waals surface area contributed by atoms with E-state index in [9.17, 15) is 0 Å². The number of nitrogens with zero attached hydrogens (tertiary/aromatic N) is 4. The molecule has 2 aromatic heterocycles. The molecule has 0 radical (unpaired) electrons. The molecule has 0 bridgehead atoms. The van der Waals surface area contributed by atoms with Gasteiger partial charge in [0, 0.05) is 24.8 Å². The first-order valence-corrected chi connectivity index (χ1v) is 14.7. The van der Waals surface area contributed by atoms with Crippen LogP contribution in [-0.2, 0) is 23.9 Å². The van der Waals surface area contributed by atoms with E-state index in [1.807, 2.05) is 48.8 Å². The molecular formula is C38H38N4. The summed E-state index contributed by atoms with van der Waals surface area (Å²) >= 11 is 0. The van der Waals surface area contributed by atoms with Gasteiger partial charge in [-0.2, -0.15) is 0 Å². The number of rotatable bonds is 6. The second-order valence-electron chi connectivity index (χ2n) is 13.3. The first-order valence-electron chi connectivity index (χ1n) is 14.7. The molecule has 0 aliphatic heterocycles. The molecule has 0 unspecified atom stereocenters. The second-order valence-corrected chi connectivity index (χ2v) is 13.3. The van der Waals surface area contributed by atoms with Crippen molar-refractivity contribution < 1.29 is 0 Å². The second kappa shape index (κ2) is 10.8. The van der Waals surface area contributed by atoms with E-state index in [4.69, 9.17) is 9.98 Å². The summed E-state index contributed by atoms with van der Waals surface area (Å²) in [6, 6.07) is 26.1. The summed E-state index contributed by atoms with van der Waals surface area (Å²) < 4.78 is 0. The molecule has 6 aromatic rings. The Hall–Kier alpha value is -4.44. The van der Waals surface area contributed by atoms with Crippen LogP contribution >= 0.6 is 0 Å². The van der Waals surface area contributed by atoms with Crippen LogP contribution in [0.25, 0.3) is 32.3 Å². The van der Waals surface area contributed by atoms with Gasteiger partial charge in [-0.05, 0) is 102 Å². The summed E-state index contributed by atoms with van der Waals surface area (Å²) in [6.45, 7) is 14.9. The van der Waals surface area contributed by atoms with E-state index in [-0.39, 0.29) is 10.8 Å². The number of aliphatic imine (C=N–C) groups is 2. The lowest BCUT2D eigenvalue weighted by atomic mass is 9.79. The van der Waals surface area contributed by atoms with E-state index < -0.39 is 0 Å². The average molecular weight is 551 g/mol. The zero-order valence-electron chi connectivity index (χ0n) is 25.4. The first-order chi connectivity index (χ1) is 20.1. The lowest BCUT2D eigenvalue weighted by Crippen LogP contribution is -2.12. The summed E-state index contributed by atoms with van der Waals surface area (Å²) in [5.41, 5.74) is 6.87. The Morgan fingerprint density at radius 2 is 1.00 bits per heavy atom. The summed E-state index contributed by atoms with van der Waals surface area (Å²) in [4.78, 5) is 18.6. The molecule has 0 amide bonds. The Bertz CT molecular complexity index is 1780. The Labute approximate surface area is 248 Å². The maximum atomic E-state index is 4.86. The van der Waals surface area contributed by atoms with Crippen molar-refractivity contribution in [3.8, 4) is 0 Å². The Morgan fingerprint density at radius 3 is 1.36 bits per heavy atom. The molecule has 0 atom stereocenters. The minimum absolute atomic E-state index is 0.00957. The highest BCUT2D eigenvalue weighted by Crippen LogP contribution is 2.43. The van der Waals surface area contributed by atoms with Crippen molar-refractivity contribution in [2.75, 3.05) is 0 Å². The van der Waals surface area contributed by atoms with Crippen LogP contribution in [0.1, 0.15) is 75.2 Å². The summed E-state index contributed by atoms with van der Waals surface area (Å²) in [5, 5.41) is 7.71. The van der Waals surface area contributed by atoms with Gasteiger partial charge in [0.2, 0.25) is 0 Å². The monoisotopic (exact) mass is 550 g/mol. The third kappa shape index (κ3) is 5.54. The first kappa shape index (κ1) is 27.7. The number of benzene rings is 4. The summed E-state index contributed by atoms with van der Waals surface area (Å²) in [7, 11) is 0. The van der Waals surface area contributed by atoms with Gasteiger partial charge >= 0.3 is 0 Å². The number of pyridine rings is 2. The molecule has 4 heteroatoms. The molecule has 210 valence electrons. The average Bonchev–Trinajstić information content (AvgIpc) is 2.96. The highest BCUT2D eigenvalue weighted by molar-refractivity contribution is 6.25. The van der Waals surface area contributed by atoms with Crippen molar-refractivity contribution in [1.29, 1.82) is 0 Å². The quantitative estimate of drug-likeness (QED) is 0.153. The minimum Gasteiger partial charge on any atom is -0.286 e. The topological polar surface area (TPSA) is 50.5 Å². The smallest absolute Gasteiger partial charge is 0.0807 e. The maximum Gasteiger partial charge on any atom is 0.0807 e. The zero-order valence-corrected chi connectivity index (χ0v) is 25.4. The summed E-state index contributed by atoms with van der Waals surface area (Å²) in [5.74, 6) is 0. The molecule has 0 spiro atoms. The minimum atomic E-state index is 0.00957. The highest BCUT2D eigenvalue weighted by Gasteiger charge is 2.22. The molecule has 4 aromatic carbocycles. The van der Waals surface area contributed by atoms with Gasteiger partial charge in [0.05, 0.1) is 24.5 Å². The predicted molar refractivity (Wildman–Crippen MR) is 179 cm³/mol. The lowest BCUT2D eigenvalue weighted by Gasteiger charge is -2.25. The molecule has 0 fully saturated rings. The number of aromatic nitrogens is 2.